The lowest BCUT2D eigenvalue weighted by molar-refractivity contribution is 0.203. The van der Waals surface area contributed by atoms with E-state index in [2.05, 4.69) is 40.6 Å². The minimum absolute atomic E-state index is 0.00576. The van der Waals surface area contributed by atoms with Crippen molar-refractivity contribution in [3.8, 4) is 33.0 Å². The van der Waals surface area contributed by atoms with Crippen LogP contribution in [0.4, 0.5) is 4.79 Å². The molecule has 0 bridgehead atoms. The number of benzene rings is 2. The van der Waals surface area contributed by atoms with Crippen molar-refractivity contribution in [3.63, 3.8) is 0 Å². The molecule has 35 heavy (non-hydrogen) atoms. The number of nitrogens with one attached hydrogen (secondary N) is 1. The lowest BCUT2D eigenvalue weighted by atomic mass is 10.0. The standard InChI is InChI=1S/C27H29N5O2S/c1-16(2)34-24-10-7-18(13-19(24)14-28)25-30-31-26(35-25)22-6-4-5-21-20(22)8-9-23(21)29-27(33)32-12-11-17(3)15-32/h4-7,10,13,16-17,23H,8-9,11-12,15H2,1-3H3,(H,29,33)/t17-,23+/m0/s1. The summed E-state index contributed by atoms with van der Waals surface area (Å²) in [6, 6.07) is 14.0. The van der Waals surface area contributed by atoms with Gasteiger partial charge in [0, 0.05) is 24.2 Å². The van der Waals surface area contributed by atoms with Crippen LogP contribution in [0.5, 0.6) is 5.75 Å². The van der Waals surface area contributed by atoms with Crippen LogP contribution in [0.3, 0.4) is 0 Å². The van der Waals surface area contributed by atoms with E-state index in [9.17, 15) is 10.1 Å². The van der Waals surface area contributed by atoms with Gasteiger partial charge in [-0.25, -0.2) is 4.79 Å². The number of amides is 2. The number of nitrogens with zero attached hydrogens (tertiary/aromatic N) is 4. The zero-order valence-electron chi connectivity index (χ0n) is 20.2. The van der Waals surface area contributed by atoms with Gasteiger partial charge in [-0.05, 0) is 68.4 Å². The molecule has 1 saturated heterocycles. The Labute approximate surface area is 209 Å². The first-order chi connectivity index (χ1) is 16.9. The number of ether oxygens (including phenoxy) is 1. The molecule has 0 saturated carbocycles. The summed E-state index contributed by atoms with van der Waals surface area (Å²) in [6.07, 6.45) is 2.84. The molecule has 5 rings (SSSR count). The molecule has 1 fully saturated rings. The molecule has 2 aliphatic rings. The molecule has 3 aromatic rings. The van der Waals surface area contributed by atoms with E-state index in [-0.39, 0.29) is 18.2 Å². The summed E-state index contributed by atoms with van der Waals surface area (Å²) in [5.74, 6) is 1.14. The molecule has 0 unspecified atom stereocenters. The third-order valence-corrected chi connectivity index (χ3v) is 7.65. The molecule has 1 aliphatic heterocycles. The van der Waals surface area contributed by atoms with Crippen LogP contribution in [0.2, 0.25) is 0 Å². The van der Waals surface area contributed by atoms with E-state index < -0.39 is 0 Å². The summed E-state index contributed by atoms with van der Waals surface area (Å²) >= 11 is 1.51. The highest BCUT2D eigenvalue weighted by Gasteiger charge is 2.30. The Bertz CT molecular complexity index is 1290. The Morgan fingerprint density at radius 1 is 1.23 bits per heavy atom. The maximum Gasteiger partial charge on any atom is 0.317 e. The van der Waals surface area contributed by atoms with E-state index >= 15 is 0 Å². The first kappa shape index (κ1) is 23.3. The largest absolute Gasteiger partial charge is 0.490 e. The van der Waals surface area contributed by atoms with Crippen LogP contribution in [0.1, 0.15) is 56.3 Å². The van der Waals surface area contributed by atoms with Gasteiger partial charge in [0.1, 0.15) is 21.8 Å². The van der Waals surface area contributed by atoms with Crippen molar-refractivity contribution in [2.75, 3.05) is 13.1 Å². The summed E-state index contributed by atoms with van der Waals surface area (Å²) in [5, 5.41) is 23.3. The van der Waals surface area contributed by atoms with Crippen LogP contribution in [0.25, 0.3) is 21.1 Å². The Morgan fingerprint density at radius 2 is 2.06 bits per heavy atom. The molecule has 1 aliphatic carbocycles. The van der Waals surface area contributed by atoms with Crippen LogP contribution >= 0.6 is 11.3 Å². The van der Waals surface area contributed by atoms with Gasteiger partial charge in [0.2, 0.25) is 0 Å². The van der Waals surface area contributed by atoms with E-state index in [0.29, 0.717) is 17.2 Å². The van der Waals surface area contributed by atoms with Gasteiger partial charge in [-0.3, -0.25) is 0 Å². The van der Waals surface area contributed by atoms with Gasteiger partial charge in [-0.2, -0.15) is 5.26 Å². The second kappa shape index (κ2) is 9.67. The monoisotopic (exact) mass is 487 g/mol. The van der Waals surface area contributed by atoms with E-state index in [0.717, 1.165) is 53.5 Å². The molecular formula is C27H29N5O2S. The maximum absolute atomic E-state index is 12.8. The highest BCUT2D eigenvalue weighted by atomic mass is 32.1. The summed E-state index contributed by atoms with van der Waals surface area (Å²) in [6.45, 7) is 7.73. The lowest BCUT2D eigenvalue weighted by Gasteiger charge is -2.21. The topological polar surface area (TPSA) is 91.1 Å². The quantitative estimate of drug-likeness (QED) is 0.508. The van der Waals surface area contributed by atoms with Gasteiger partial charge < -0.3 is 15.0 Å². The predicted molar refractivity (Wildman–Crippen MR) is 136 cm³/mol. The van der Waals surface area contributed by atoms with Gasteiger partial charge >= 0.3 is 6.03 Å². The fraction of sp³-hybridized carbons (Fsp3) is 0.407. The second-order valence-electron chi connectivity index (χ2n) is 9.66. The van der Waals surface area contributed by atoms with Crippen LogP contribution in [0, 0.1) is 17.2 Å². The second-order valence-corrected chi connectivity index (χ2v) is 10.6. The van der Waals surface area contributed by atoms with Gasteiger partial charge in [-0.15, -0.1) is 10.2 Å². The van der Waals surface area contributed by atoms with Crippen molar-refractivity contribution in [2.24, 2.45) is 5.92 Å². The molecule has 8 heteroatoms. The molecule has 0 spiro atoms. The van der Waals surface area contributed by atoms with Crippen molar-refractivity contribution in [1.82, 2.24) is 20.4 Å². The normalized spacial score (nSPS) is 19.0. The smallest absolute Gasteiger partial charge is 0.317 e. The molecule has 2 atom stereocenters. The van der Waals surface area contributed by atoms with Crippen LogP contribution < -0.4 is 10.1 Å². The first-order valence-electron chi connectivity index (χ1n) is 12.1. The van der Waals surface area contributed by atoms with E-state index in [1.807, 2.05) is 43.0 Å². The molecule has 1 N–H and O–H groups in total. The fourth-order valence-electron chi connectivity index (χ4n) is 4.92. The molecule has 1 aromatic heterocycles. The van der Waals surface area contributed by atoms with Gasteiger partial charge in [0.05, 0.1) is 17.7 Å². The molecule has 180 valence electrons. The number of carbonyl (C=O) groups excluding carboxylic acids is 1. The van der Waals surface area contributed by atoms with E-state index in [1.54, 1.807) is 0 Å². The molecule has 0 radical (unpaired) electrons. The van der Waals surface area contributed by atoms with Crippen molar-refractivity contribution >= 4 is 17.4 Å². The maximum atomic E-state index is 12.8. The zero-order chi connectivity index (χ0) is 24.5. The number of aromatic nitrogens is 2. The average Bonchev–Trinajstić information content (AvgIpc) is 3.59. The van der Waals surface area contributed by atoms with Gasteiger partial charge in [0.25, 0.3) is 0 Å². The van der Waals surface area contributed by atoms with Crippen molar-refractivity contribution in [2.45, 2.75) is 52.2 Å². The SMILES string of the molecule is CC(C)Oc1ccc(-c2nnc(-c3cccc4c3CC[C@H]4NC(=O)N3CC[C@H](C)C3)s2)cc1C#N. The number of urea groups is 1. The van der Waals surface area contributed by atoms with Crippen LogP contribution in [0.15, 0.2) is 36.4 Å². The van der Waals surface area contributed by atoms with E-state index in [1.165, 1.54) is 22.5 Å². The number of hydrogen-bond donors (Lipinski definition) is 1. The molecule has 2 aromatic carbocycles. The minimum atomic E-state index is -0.00576. The molecule has 2 amide bonds. The summed E-state index contributed by atoms with van der Waals surface area (Å²) in [7, 11) is 0. The Balaban J connectivity index is 1.37. The number of rotatable bonds is 5. The predicted octanol–water partition coefficient (Wildman–Crippen LogP) is 5.57. The zero-order valence-corrected chi connectivity index (χ0v) is 21.1. The summed E-state index contributed by atoms with van der Waals surface area (Å²) in [4.78, 5) is 14.7. The Kier molecular flexibility index (Phi) is 6.44. The van der Waals surface area contributed by atoms with E-state index in [4.69, 9.17) is 4.74 Å². The van der Waals surface area contributed by atoms with Crippen LogP contribution in [-0.4, -0.2) is 40.3 Å². The first-order valence-corrected chi connectivity index (χ1v) is 13.0. The van der Waals surface area contributed by atoms with Crippen molar-refractivity contribution in [1.29, 1.82) is 5.26 Å². The highest BCUT2D eigenvalue weighted by Crippen LogP contribution is 2.40. The molecular weight excluding hydrogens is 458 g/mol. The summed E-state index contributed by atoms with van der Waals surface area (Å²) < 4.78 is 5.74. The third-order valence-electron chi connectivity index (χ3n) is 6.64. The molecule has 2 heterocycles. The Morgan fingerprint density at radius 3 is 2.80 bits per heavy atom. The molecule has 7 nitrogen and oxygen atoms in total. The third kappa shape index (κ3) is 4.73. The van der Waals surface area contributed by atoms with Gasteiger partial charge in [-0.1, -0.05) is 36.5 Å². The average molecular weight is 488 g/mol. The minimum Gasteiger partial charge on any atom is -0.490 e. The number of nitriles is 1. The summed E-state index contributed by atoms with van der Waals surface area (Å²) in [5.41, 5.74) is 4.80. The van der Waals surface area contributed by atoms with Crippen molar-refractivity contribution < 1.29 is 9.53 Å². The highest BCUT2D eigenvalue weighted by molar-refractivity contribution is 7.17. The van der Waals surface area contributed by atoms with Gasteiger partial charge in [0.15, 0.2) is 0 Å². The fourth-order valence-corrected chi connectivity index (χ4v) is 5.81. The Hall–Kier alpha value is -3.44. The lowest BCUT2D eigenvalue weighted by Crippen LogP contribution is -2.39. The van der Waals surface area contributed by atoms with Crippen LogP contribution in [-0.2, 0) is 6.42 Å². The number of fused-ring (bicyclic) bond motifs is 1. The number of carbonyl (C=O) groups is 1. The number of likely N-dealkylation sites (tertiary alicyclic amines) is 1. The van der Waals surface area contributed by atoms with Crippen molar-refractivity contribution in [3.05, 3.63) is 53.1 Å². The number of hydrogen-bond acceptors (Lipinski definition) is 6.